The number of ether oxygens (including phenoxy) is 1. The number of rotatable bonds is 5. The van der Waals surface area contributed by atoms with Crippen molar-refractivity contribution in [1.29, 1.82) is 0 Å². The molecule has 0 amide bonds. The molecule has 106 valence electrons. The highest BCUT2D eigenvalue weighted by atomic mass is 35.7. The first-order chi connectivity index (χ1) is 8.70. The van der Waals surface area contributed by atoms with E-state index >= 15 is 0 Å². The Morgan fingerprint density at radius 2 is 2.05 bits per heavy atom. The average Bonchev–Trinajstić information content (AvgIpc) is 2.26. The molecule has 0 atom stereocenters. The average molecular weight is 316 g/mol. The quantitative estimate of drug-likeness (QED) is 0.473. The highest BCUT2D eigenvalue weighted by Gasteiger charge is 2.34. The summed E-state index contributed by atoms with van der Waals surface area (Å²) in [6, 6.07) is 1.67. The second kappa shape index (κ2) is 5.66. The van der Waals surface area contributed by atoms with Crippen LogP contribution in [0, 0.1) is 10.1 Å². The van der Waals surface area contributed by atoms with Gasteiger partial charge in [-0.2, -0.15) is 0 Å². The molecule has 0 aliphatic rings. The van der Waals surface area contributed by atoms with Gasteiger partial charge in [0.2, 0.25) is 0 Å². The van der Waals surface area contributed by atoms with Gasteiger partial charge in [-0.3, -0.25) is 10.1 Å². The molecule has 0 saturated heterocycles. The van der Waals surface area contributed by atoms with E-state index in [1.54, 1.807) is 0 Å². The lowest BCUT2D eigenvalue weighted by molar-refractivity contribution is -0.387. The van der Waals surface area contributed by atoms with Crippen molar-refractivity contribution in [2.24, 2.45) is 0 Å². The third-order valence-electron chi connectivity index (χ3n) is 2.10. The Morgan fingerprint density at radius 3 is 2.42 bits per heavy atom. The van der Waals surface area contributed by atoms with Gasteiger partial charge in [0.15, 0.2) is 5.75 Å². The van der Waals surface area contributed by atoms with Crippen molar-refractivity contribution < 1.29 is 26.9 Å². The van der Waals surface area contributed by atoms with Crippen LogP contribution in [0.5, 0.6) is 5.75 Å². The van der Waals surface area contributed by atoms with Gasteiger partial charge in [0.25, 0.3) is 15.5 Å². The van der Waals surface area contributed by atoms with Crippen molar-refractivity contribution in [3.63, 3.8) is 0 Å². The SMILES string of the molecule is CCOc1ccc(S(=O)(=O)Cl)c(C(F)F)c1[N+](=O)[O-]. The number of halogens is 3. The molecule has 6 nitrogen and oxygen atoms in total. The van der Waals surface area contributed by atoms with Crippen LogP contribution in [0.4, 0.5) is 14.5 Å². The Labute approximate surface area is 111 Å². The number of benzene rings is 1. The maximum atomic E-state index is 12.9. The summed E-state index contributed by atoms with van der Waals surface area (Å²) >= 11 is 0. The van der Waals surface area contributed by atoms with Gasteiger partial charge >= 0.3 is 5.69 Å². The molecule has 0 fully saturated rings. The summed E-state index contributed by atoms with van der Waals surface area (Å²) in [7, 11) is 0.455. The lowest BCUT2D eigenvalue weighted by Crippen LogP contribution is -2.06. The molecule has 0 N–H and O–H groups in total. The van der Waals surface area contributed by atoms with E-state index in [0.717, 1.165) is 12.1 Å². The minimum absolute atomic E-state index is 0.00348. The zero-order chi connectivity index (χ0) is 14.8. The minimum atomic E-state index is -4.53. The van der Waals surface area contributed by atoms with Crippen molar-refractivity contribution in [1.82, 2.24) is 0 Å². The molecule has 1 aromatic carbocycles. The van der Waals surface area contributed by atoms with E-state index in [4.69, 9.17) is 15.4 Å². The monoisotopic (exact) mass is 315 g/mol. The molecule has 0 heterocycles. The van der Waals surface area contributed by atoms with Crippen LogP contribution in [0.3, 0.4) is 0 Å². The summed E-state index contributed by atoms with van der Waals surface area (Å²) in [5.41, 5.74) is -2.37. The summed E-state index contributed by atoms with van der Waals surface area (Å²) in [5.74, 6) is -0.438. The van der Waals surface area contributed by atoms with Crippen LogP contribution in [0.1, 0.15) is 18.9 Å². The highest BCUT2D eigenvalue weighted by Crippen LogP contribution is 2.41. The van der Waals surface area contributed by atoms with Crippen LogP contribution >= 0.6 is 10.7 Å². The molecule has 0 spiro atoms. The minimum Gasteiger partial charge on any atom is -0.487 e. The summed E-state index contributed by atoms with van der Waals surface area (Å²) in [4.78, 5) is 8.73. The second-order valence-electron chi connectivity index (χ2n) is 3.25. The number of hydrogen-bond acceptors (Lipinski definition) is 5. The number of nitro groups is 1. The Kier molecular flexibility index (Phi) is 4.64. The van der Waals surface area contributed by atoms with Crippen LogP contribution in [-0.2, 0) is 9.05 Å². The van der Waals surface area contributed by atoms with Crippen molar-refractivity contribution in [2.75, 3.05) is 6.61 Å². The van der Waals surface area contributed by atoms with Gasteiger partial charge < -0.3 is 4.74 Å². The number of nitro benzene ring substituents is 1. The first-order valence-corrected chi connectivity index (χ1v) is 7.18. The zero-order valence-electron chi connectivity index (χ0n) is 9.47. The third-order valence-corrected chi connectivity index (χ3v) is 3.48. The first kappa shape index (κ1) is 15.6. The van der Waals surface area contributed by atoms with Crippen LogP contribution in [-0.4, -0.2) is 19.9 Å². The van der Waals surface area contributed by atoms with E-state index in [1.165, 1.54) is 6.92 Å². The summed E-state index contributed by atoms with van der Waals surface area (Å²) in [5, 5.41) is 10.9. The predicted octanol–water partition coefficient (Wildman–Crippen LogP) is 2.86. The Balaban J connectivity index is 3.74. The van der Waals surface area contributed by atoms with Gasteiger partial charge in [-0.15, -0.1) is 0 Å². The van der Waals surface area contributed by atoms with Crippen molar-refractivity contribution >= 4 is 25.4 Å². The third kappa shape index (κ3) is 3.29. The number of alkyl halides is 2. The smallest absolute Gasteiger partial charge is 0.321 e. The van der Waals surface area contributed by atoms with Crippen LogP contribution in [0.2, 0.25) is 0 Å². The normalized spacial score (nSPS) is 11.6. The molecule has 0 unspecified atom stereocenters. The van der Waals surface area contributed by atoms with Crippen LogP contribution < -0.4 is 4.74 Å². The molecule has 0 aromatic heterocycles. The molecule has 1 rings (SSSR count). The van der Waals surface area contributed by atoms with E-state index in [1.807, 2.05) is 0 Å². The topological polar surface area (TPSA) is 86.5 Å². The summed E-state index contributed by atoms with van der Waals surface area (Å²) in [6.45, 7) is 1.49. The Morgan fingerprint density at radius 1 is 1.47 bits per heavy atom. The fraction of sp³-hybridized carbons (Fsp3) is 0.333. The van der Waals surface area contributed by atoms with Crippen molar-refractivity contribution in [3.05, 3.63) is 27.8 Å². The maximum Gasteiger partial charge on any atom is 0.321 e. The molecular formula is C9H8ClF2NO5S. The lowest BCUT2D eigenvalue weighted by Gasteiger charge is -2.10. The molecule has 19 heavy (non-hydrogen) atoms. The van der Waals surface area contributed by atoms with Crippen LogP contribution in [0.25, 0.3) is 0 Å². The molecule has 10 heteroatoms. The fourth-order valence-corrected chi connectivity index (χ4v) is 2.54. The summed E-state index contributed by atoms with van der Waals surface area (Å²) in [6.07, 6.45) is -3.38. The molecule has 0 radical (unpaired) electrons. The standard InChI is InChI=1S/C9H8ClF2NO5S/c1-2-18-5-3-4-6(19(10,16)17)7(9(11)12)8(5)13(14)15/h3-4,9H,2H2,1H3. The fourth-order valence-electron chi connectivity index (χ4n) is 1.45. The number of hydrogen-bond donors (Lipinski definition) is 0. The lowest BCUT2D eigenvalue weighted by atomic mass is 10.1. The van der Waals surface area contributed by atoms with Crippen LogP contribution in [0.15, 0.2) is 17.0 Å². The molecule has 1 aromatic rings. The number of nitrogens with zero attached hydrogens (tertiary/aromatic N) is 1. The first-order valence-electron chi connectivity index (χ1n) is 4.87. The van der Waals surface area contributed by atoms with Crippen molar-refractivity contribution in [3.8, 4) is 5.75 Å². The predicted molar refractivity (Wildman–Crippen MR) is 62.3 cm³/mol. The van der Waals surface area contributed by atoms with E-state index in [2.05, 4.69) is 0 Å². The molecular weight excluding hydrogens is 308 g/mol. The highest BCUT2D eigenvalue weighted by molar-refractivity contribution is 8.13. The molecule has 0 aliphatic heterocycles. The van der Waals surface area contributed by atoms with Gasteiger partial charge in [-0.1, -0.05) is 0 Å². The maximum absolute atomic E-state index is 12.9. The molecule has 0 aliphatic carbocycles. The van der Waals surface area contributed by atoms with E-state index in [9.17, 15) is 27.3 Å². The van der Waals surface area contributed by atoms with Gasteiger partial charge in [0, 0.05) is 10.7 Å². The van der Waals surface area contributed by atoms with Crippen molar-refractivity contribution in [2.45, 2.75) is 18.2 Å². The van der Waals surface area contributed by atoms with E-state index < -0.39 is 42.3 Å². The van der Waals surface area contributed by atoms with Gasteiger partial charge in [0.05, 0.1) is 16.4 Å². The van der Waals surface area contributed by atoms with E-state index in [0.29, 0.717) is 0 Å². The molecule has 0 saturated carbocycles. The van der Waals surface area contributed by atoms with Gasteiger partial charge in [-0.25, -0.2) is 17.2 Å². The van der Waals surface area contributed by atoms with Gasteiger partial charge in [0.1, 0.15) is 5.56 Å². The summed E-state index contributed by atoms with van der Waals surface area (Å²) < 4.78 is 53.0. The zero-order valence-corrected chi connectivity index (χ0v) is 11.0. The second-order valence-corrected chi connectivity index (χ2v) is 5.79. The van der Waals surface area contributed by atoms with Gasteiger partial charge in [-0.05, 0) is 19.1 Å². The van der Waals surface area contributed by atoms with E-state index in [-0.39, 0.29) is 6.61 Å². The Bertz CT molecular complexity index is 605. The Hall–Kier alpha value is -1.48. The molecule has 0 bridgehead atoms. The largest absolute Gasteiger partial charge is 0.487 e.